The number of allylic oxidation sites excluding steroid dienone is 1. The largest absolute Gasteiger partial charge is 0.759 e. The van der Waals surface area contributed by atoms with Gasteiger partial charge in [-0.05, 0) is 50.6 Å². The van der Waals surface area contributed by atoms with E-state index < -0.39 is 10.4 Å². The maximum Gasteiger partial charge on any atom is 0.209 e. The highest BCUT2D eigenvalue weighted by molar-refractivity contribution is 7.79. The Kier molecular flexibility index (Phi) is 6.20. The number of hydrogen-bond acceptors (Lipinski definition) is 4. The number of aromatic nitrogens is 1. The topological polar surface area (TPSA) is 88.2 Å². The average molecular weight is 476 g/mol. The van der Waals surface area contributed by atoms with Gasteiger partial charge in [0.05, 0.1) is 5.41 Å². The molecular formula is C27H27N2O4S-. The van der Waals surface area contributed by atoms with Gasteiger partial charge in [-0.3, -0.25) is 8.42 Å². The quantitative estimate of drug-likeness (QED) is 0.232. The van der Waals surface area contributed by atoms with Crippen LogP contribution < -0.4 is 0 Å². The number of hydrogen-bond donors (Lipinski definition) is 0. The van der Waals surface area contributed by atoms with E-state index in [-0.39, 0.29) is 5.41 Å². The van der Waals surface area contributed by atoms with Crippen LogP contribution in [-0.4, -0.2) is 39.4 Å². The number of benzene rings is 3. The summed E-state index contributed by atoms with van der Waals surface area (Å²) in [5.74, 6) is 0. The Hall–Kier alpha value is -3.26. The molecule has 0 aliphatic carbocycles. The van der Waals surface area contributed by atoms with Crippen molar-refractivity contribution in [1.82, 2.24) is 4.57 Å². The lowest BCUT2D eigenvalue weighted by atomic mass is 9.81. The molecule has 6 nitrogen and oxygen atoms in total. The molecule has 0 bridgehead atoms. The first kappa shape index (κ1) is 23.9. The van der Waals surface area contributed by atoms with Crippen molar-refractivity contribution >= 4 is 49.7 Å². The molecule has 34 heavy (non-hydrogen) atoms. The predicted octanol–water partition coefficient (Wildman–Crippen LogP) is 5.20. The molecule has 1 aromatic heterocycles. The molecule has 0 radical (unpaired) electrons. The summed E-state index contributed by atoms with van der Waals surface area (Å²) in [5.41, 5.74) is 7.89. The number of nitrogens with zero attached hydrogens (tertiary/aromatic N) is 2. The van der Waals surface area contributed by atoms with Crippen molar-refractivity contribution in [1.29, 1.82) is 0 Å². The zero-order valence-electron chi connectivity index (χ0n) is 19.6. The van der Waals surface area contributed by atoms with Crippen molar-refractivity contribution in [3.8, 4) is 0 Å². The SMILES string of the molecule is CCn1c2ccccc2c2cc(C=CC3=[N+](C)c4ccccc4C3(C)C)ccc21.O=S(=O)([O-])[O-]. The number of fused-ring (bicyclic) bond motifs is 4. The molecule has 0 N–H and O–H groups in total. The van der Waals surface area contributed by atoms with Crippen LogP contribution in [0.3, 0.4) is 0 Å². The Bertz CT molecular complexity index is 1550. The smallest absolute Gasteiger partial charge is 0.209 e. The lowest BCUT2D eigenvalue weighted by molar-refractivity contribution is -0.401. The van der Waals surface area contributed by atoms with Crippen molar-refractivity contribution in [2.75, 3.05) is 7.05 Å². The van der Waals surface area contributed by atoms with Crippen molar-refractivity contribution in [2.45, 2.75) is 32.7 Å². The summed E-state index contributed by atoms with van der Waals surface area (Å²) in [7, 11) is -2.99. The molecule has 0 spiro atoms. The molecule has 0 fully saturated rings. The van der Waals surface area contributed by atoms with Gasteiger partial charge in [0.25, 0.3) is 0 Å². The van der Waals surface area contributed by atoms with Crippen LogP contribution >= 0.6 is 0 Å². The third kappa shape index (κ3) is 4.42. The van der Waals surface area contributed by atoms with Crippen molar-refractivity contribution in [2.24, 2.45) is 0 Å². The Morgan fingerprint density at radius 1 is 0.912 bits per heavy atom. The van der Waals surface area contributed by atoms with Gasteiger partial charge in [-0.25, -0.2) is 0 Å². The maximum absolute atomic E-state index is 8.52. The molecule has 0 amide bonds. The summed E-state index contributed by atoms with van der Waals surface area (Å²) in [5, 5.41) is 2.66. The van der Waals surface area contributed by atoms with E-state index in [2.05, 4.69) is 116 Å². The summed E-state index contributed by atoms with van der Waals surface area (Å²) in [6.07, 6.45) is 4.55. The highest BCUT2D eigenvalue weighted by Crippen LogP contribution is 2.39. The summed E-state index contributed by atoms with van der Waals surface area (Å²) >= 11 is 0. The molecule has 0 atom stereocenters. The zero-order valence-corrected chi connectivity index (χ0v) is 20.5. The fourth-order valence-electron chi connectivity index (χ4n) is 4.99. The Labute approximate surface area is 200 Å². The van der Waals surface area contributed by atoms with E-state index in [0.717, 1.165) is 6.54 Å². The fraction of sp³-hybridized carbons (Fsp3) is 0.222. The molecule has 0 saturated carbocycles. The fourth-order valence-corrected chi connectivity index (χ4v) is 4.99. The molecule has 0 unspecified atom stereocenters. The van der Waals surface area contributed by atoms with E-state index in [4.69, 9.17) is 17.5 Å². The van der Waals surface area contributed by atoms with E-state index in [0.29, 0.717) is 0 Å². The van der Waals surface area contributed by atoms with Gasteiger partial charge in [-0.15, -0.1) is 0 Å². The first-order valence-electron chi connectivity index (χ1n) is 11.1. The van der Waals surface area contributed by atoms with Gasteiger partial charge < -0.3 is 13.7 Å². The van der Waals surface area contributed by atoms with Crippen LogP contribution in [0, 0.1) is 0 Å². The van der Waals surface area contributed by atoms with Crippen LogP contribution in [0.25, 0.3) is 27.9 Å². The summed E-state index contributed by atoms with van der Waals surface area (Å²) in [4.78, 5) is 0. The van der Waals surface area contributed by atoms with Crippen molar-refractivity contribution in [3.63, 3.8) is 0 Å². The highest BCUT2D eigenvalue weighted by atomic mass is 32.3. The van der Waals surface area contributed by atoms with Gasteiger partial charge in [0, 0.05) is 56.5 Å². The van der Waals surface area contributed by atoms with Gasteiger partial charge in [0.2, 0.25) is 5.69 Å². The van der Waals surface area contributed by atoms with E-state index >= 15 is 0 Å². The summed E-state index contributed by atoms with van der Waals surface area (Å²) in [6, 6.07) is 24.3. The second-order valence-corrected chi connectivity index (χ2v) is 9.68. The number of rotatable bonds is 3. The molecule has 176 valence electrons. The second-order valence-electron chi connectivity index (χ2n) is 8.87. The van der Waals surface area contributed by atoms with Gasteiger partial charge in [-0.2, -0.15) is 4.58 Å². The van der Waals surface area contributed by atoms with Gasteiger partial charge in [0.1, 0.15) is 7.05 Å². The zero-order chi connectivity index (χ0) is 24.7. The molecule has 1 aliphatic rings. The van der Waals surface area contributed by atoms with E-state index in [9.17, 15) is 0 Å². The monoisotopic (exact) mass is 475 g/mol. The van der Waals surface area contributed by atoms with Crippen LogP contribution in [0.4, 0.5) is 5.69 Å². The lowest BCUT2D eigenvalue weighted by Crippen LogP contribution is -2.26. The van der Waals surface area contributed by atoms with Crippen LogP contribution in [0.1, 0.15) is 31.9 Å². The highest BCUT2D eigenvalue weighted by Gasteiger charge is 2.42. The Morgan fingerprint density at radius 2 is 1.53 bits per heavy atom. The molecule has 5 rings (SSSR count). The van der Waals surface area contributed by atoms with Crippen LogP contribution in [-0.2, 0) is 22.4 Å². The van der Waals surface area contributed by atoms with Gasteiger partial charge in [-0.1, -0.05) is 42.5 Å². The molecular weight excluding hydrogens is 448 g/mol. The lowest BCUT2D eigenvalue weighted by Gasteiger charge is -2.15. The van der Waals surface area contributed by atoms with Gasteiger partial charge in [0.15, 0.2) is 5.71 Å². The van der Waals surface area contributed by atoms with E-state index in [1.165, 1.54) is 44.3 Å². The Morgan fingerprint density at radius 3 is 2.21 bits per heavy atom. The maximum atomic E-state index is 8.52. The normalized spacial score (nSPS) is 15.1. The summed E-state index contributed by atoms with van der Waals surface area (Å²) < 4.78 is 38.8. The standard InChI is InChI=1S/C27H27N2.H2O4S/c1-5-29-23-12-8-6-10-20(23)21-18-19(14-16-24(21)29)15-17-26-27(2,3)22-11-7-9-13-25(22)28(26)4;1-5(2,3)4/h6-18H,5H2,1-4H3;(H2,1,2,3,4)/q+1;/p-2. The van der Waals surface area contributed by atoms with Crippen LogP contribution in [0.15, 0.2) is 72.8 Å². The third-order valence-electron chi connectivity index (χ3n) is 6.49. The molecule has 4 aromatic rings. The van der Waals surface area contributed by atoms with Crippen LogP contribution in [0.2, 0.25) is 0 Å². The predicted molar refractivity (Wildman–Crippen MR) is 135 cm³/mol. The minimum atomic E-state index is -5.17. The van der Waals surface area contributed by atoms with Crippen molar-refractivity contribution < 1.29 is 22.1 Å². The van der Waals surface area contributed by atoms with Gasteiger partial charge >= 0.3 is 0 Å². The van der Waals surface area contributed by atoms with Crippen molar-refractivity contribution in [3.05, 3.63) is 83.9 Å². The minimum absolute atomic E-state index is 0.00415. The molecule has 0 saturated heterocycles. The number of para-hydroxylation sites is 2. The second kappa shape index (κ2) is 8.83. The third-order valence-corrected chi connectivity index (χ3v) is 6.49. The molecule has 2 heterocycles. The van der Waals surface area contributed by atoms with E-state index in [1.54, 1.807) is 0 Å². The molecule has 7 heteroatoms. The summed E-state index contributed by atoms with van der Waals surface area (Å²) in [6.45, 7) is 7.82. The first-order valence-corrected chi connectivity index (χ1v) is 12.4. The Balaban J connectivity index is 0.000000499. The average Bonchev–Trinajstić information content (AvgIpc) is 3.20. The molecule has 3 aromatic carbocycles. The van der Waals surface area contributed by atoms with Crippen LogP contribution in [0.5, 0.6) is 0 Å². The minimum Gasteiger partial charge on any atom is -0.759 e. The molecule has 1 aliphatic heterocycles. The number of aryl methyl sites for hydroxylation is 1. The first-order chi connectivity index (χ1) is 16.0. The van der Waals surface area contributed by atoms with E-state index in [1.807, 2.05) is 0 Å².